The van der Waals surface area contributed by atoms with Gasteiger partial charge in [0, 0.05) is 43.1 Å². The van der Waals surface area contributed by atoms with Gasteiger partial charge in [0.2, 0.25) is 11.8 Å². The molecule has 30 heavy (non-hydrogen) atoms. The van der Waals surface area contributed by atoms with E-state index in [1.54, 1.807) is 36.6 Å². The molecule has 8 heteroatoms. The van der Waals surface area contributed by atoms with Crippen LogP contribution in [0.15, 0.2) is 79.0 Å². The predicted molar refractivity (Wildman–Crippen MR) is 109 cm³/mol. The molecule has 1 aliphatic heterocycles. The SMILES string of the molecule is Cn1nc(-c2cccnc2)c2c1OC(N)=C(C#N)C2c1ccc(-n2ccnc2)cc1. The van der Waals surface area contributed by atoms with E-state index in [2.05, 4.69) is 21.1 Å². The zero-order valence-electron chi connectivity index (χ0n) is 16.1. The Balaban J connectivity index is 1.69. The molecule has 0 saturated heterocycles. The molecular formula is C22H17N7O. The minimum absolute atomic E-state index is 0.0921. The quantitative estimate of drug-likeness (QED) is 0.571. The number of nitriles is 1. The summed E-state index contributed by atoms with van der Waals surface area (Å²) in [5, 5.41) is 14.5. The molecule has 0 aliphatic carbocycles. The van der Waals surface area contributed by atoms with Crippen LogP contribution in [0.4, 0.5) is 0 Å². The van der Waals surface area contributed by atoms with Crippen LogP contribution in [0.5, 0.6) is 5.88 Å². The second kappa shape index (κ2) is 6.90. The summed E-state index contributed by atoms with van der Waals surface area (Å²) < 4.78 is 9.37. The highest BCUT2D eigenvalue weighted by atomic mass is 16.5. The second-order valence-electron chi connectivity index (χ2n) is 6.92. The fourth-order valence-corrected chi connectivity index (χ4v) is 3.77. The van der Waals surface area contributed by atoms with Crippen LogP contribution in [0.2, 0.25) is 0 Å². The number of benzene rings is 1. The average Bonchev–Trinajstić information content (AvgIpc) is 3.42. The van der Waals surface area contributed by atoms with Crippen molar-refractivity contribution in [1.82, 2.24) is 24.3 Å². The molecular weight excluding hydrogens is 378 g/mol. The Kier molecular flexibility index (Phi) is 4.07. The van der Waals surface area contributed by atoms with Crippen molar-refractivity contribution < 1.29 is 4.74 Å². The van der Waals surface area contributed by atoms with Crippen molar-refractivity contribution in [2.24, 2.45) is 12.8 Å². The van der Waals surface area contributed by atoms with Crippen LogP contribution in [-0.2, 0) is 7.05 Å². The van der Waals surface area contributed by atoms with Gasteiger partial charge in [0.05, 0.1) is 17.8 Å². The number of aromatic nitrogens is 5. The standard InChI is InChI=1S/C22H17N7O/c1-28-22-19(20(27-28)15-3-2-8-25-12-15)18(17(11-23)21(24)30-22)14-4-6-16(7-5-14)29-10-9-26-13-29/h2-10,12-13,18H,24H2,1H3. The Labute approximate surface area is 172 Å². The fourth-order valence-electron chi connectivity index (χ4n) is 3.77. The summed E-state index contributed by atoms with van der Waals surface area (Å²) in [6, 6.07) is 14.0. The maximum Gasteiger partial charge on any atom is 0.224 e. The first-order valence-corrected chi connectivity index (χ1v) is 9.30. The minimum Gasteiger partial charge on any atom is -0.422 e. The maximum atomic E-state index is 9.87. The van der Waals surface area contributed by atoms with Crippen molar-refractivity contribution in [3.8, 4) is 28.9 Å². The molecule has 8 nitrogen and oxygen atoms in total. The molecule has 2 N–H and O–H groups in total. The van der Waals surface area contributed by atoms with Crippen LogP contribution >= 0.6 is 0 Å². The summed E-state index contributed by atoms with van der Waals surface area (Å²) in [7, 11) is 1.79. The van der Waals surface area contributed by atoms with Gasteiger partial charge in [0.15, 0.2) is 0 Å². The summed E-state index contributed by atoms with van der Waals surface area (Å²) in [5.74, 6) is 0.211. The van der Waals surface area contributed by atoms with E-state index in [0.29, 0.717) is 17.1 Å². The number of pyridine rings is 1. The smallest absolute Gasteiger partial charge is 0.224 e. The molecule has 0 saturated carbocycles. The molecule has 4 heterocycles. The van der Waals surface area contributed by atoms with Crippen molar-refractivity contribution in [1.29, 1.82) is 5.26 Å². The number of ether oxygens (including phenoxy) is 1. The number of imidazole rings is 1. The molecule has 0 fully saturated rings. The van der Waals surface area contributed by atoms with Crippen LogP contribution in [0, 0.1) is 11.3 Å². The van der Waals surface area contributed by atoms with Gasteiger partial charge < -0.3 is 15.0 Å². The molecule has 146 valence electrons. The average molecular weight is 395 g/mol. The molecule has 1 unspecified atom stereocenters. The van der Waals surface area contributed by atoms with Gasteiger partial charge in [0.25, 0.3) is 0 Å². The van der Waals surface area contributed by atoms with Gasteiger partial charge in [-0.25, -0.2) is 9.67 Å². The van der Waals surface area contributed by atoms with Crippen molar-refractivity contribution in [2.75, 3.05) is 0 Å². The van der Waals surface area contributed by atoms with Crippen LogP contribution in [0.1, 0.15) is 17.0 Å². The van der Waals surface area contributed by atoms with Crippen molar-refractivity contribution in [2.45, 2.75) is 5.92 Å². The molecule has 5 rings (SSSR count). The highest BCUT2D eigenvalue weighted by Crippen LogP contribution is 2.46. The Morgan fingerprint density at radius 1 is 1.13 bits per heavy atom. The molecule has 0 spiro atoms. The molecule has 1 atom stereocenters. The lowest BCUT2D eigenvalue weighted by Gasteiger charge is -2.25. The van der Waals surface area contributed by atoms with Crippen molar-refractivity contribution in [3.63, 3.8) is 0 Å². The topological polar surface area (TPSA) is 108 Å². The molecule has 0 amide bonds. The Morgan fingerprint density at radius 3 is 2.63 bits per heavy atom. The Hall–Kier alpha value is -4.38. The summed E-state index contributed by atoms with van der Waals surface area (Å²) in [5.41, 5.74) is 10.7. The van der Waals surface area contributed by atoms with Crippen molar-refractivity contribution in [3.05, 3.63) is 90.1 Å². The normalized spacial score (nSPS) is 15.4. The van der Waals surface area contributed by atoms with Gasteiger partial charge in [-0.05, 0) is 29.8 Å². The molecule has 1 aromatic carbocycles. The van der Waals surface area contributed by atoms with E-state index in [-0.39, 0.29) is 5.88 Å². The van der Waals surface area contributed by atoms with Crippen LogP contribution in [0.3, 0.4) is 0 Å². The van der Waals surface area contributed by atoms with Crippen LogP contribution < -0.4 is 10.5 Å². The zero-order valence-corrected chi connectivity index (χ0v) is 16.1. The minimum atomic E-state index is -0.403. The van der Waals surface area contributed by atoms with E-state index in [4.69, 9.17) is 10.5 Å². The Bertz CT molecular complexity index is 1280. The van der Waals surface area contributed by atoms with E-state index in [9.17, 15) is 5.26 Å². The van der Waals surface area contributed by atoms with E-state index in [1.165, 1.54) is 0 Å². The third kappa shape index (κ3) is 2.72. The monoisotopic (exact) mass is 395 g/mol. The first-order chi connectivity index (χ1) is 14.7. The first kappa shape index (κ1) is 17.7. The van der Waals surface area contributed by atoms with Crippen LogP contribution in [-0.4, -0.2) is 24.3 Å². The van der Waals surface area contributed by atoms with Gasteiger partial charge in [-0.15, -0.1) is 0 Å². The van der Waals surface area contributed by atoms with Gasteiger partial charge in [0.1, 0.15) is 17.3 Å². The van der Waals surface area contributed by atoms with Gasteiger partial charge in [-0.3, -0.25) is 4.98 Å². The van der Waals surface area contributed by atoms with E-state index in [0.717, 1.165) is 22.4 Å². The number of hydrogen-bond acceptors (Lipinski definition) is 6. The second-order valence-corrected chi connectivity index (χ2v) is 6.92. The summed E-state index contributed by atoms with van der Waals surface area (Å²) in [6.07, 6.45) is 8.80. The van der Waals surface area contributed by atoms with Crippen LogP contribution in [0.25, 0.3) is 16.9 Å². The third-order valence-electron chi connectivity index (χ3n) is 5.16. The first-order valence-electron chi connectivity index (χ1n) is 9.30. The Morgan fingerprint density at radius 2 is 1.97 bits per heavy atom. The predicted octanol–water partition coefficient (Wildman–Crippen LogP) is 2.89. The van der Waals surface area contributed by atoms with Crippen molar-refractivity contribution >= 4 is 0 Å². The zero-order chi connectivity index (χ0) is 20.7. The lowest BCUT2D eigenvalue weighted by molar-refractivity contribution is 0.358. The molecule has 1 aliphatic rings. The number of allylic oxidation sites excluding steroid dienone is 1. The highest BCUT2D eigenvalue weighted by Gasteiger charge is 2.36. The summed E-state index contributed by atoms with van der Waals surface area (Å²) in [6.45, 7) is 0. The van der Waals surface area contributed by atoms with Gasteiger partial charge >= 0.3 is 0 Å². The van der Waals surface area contributed by atoms with E-state index in [1.807, 2.05) is 47.2 Å². The molecule has 4 aromatic rings. The third-order valence-corrected chi connectivity index (χ3v) is 5.16. The summed E-state index contributed by atoms with van der Waals surface area (Å²) >= 11 is 0. The van der Waals surface area contributed by atoms with E-state index < -0.39 is 5.92 Å². The molecule has 0 bridgehead atoms. The molecule has 0 radical (unpaired) electrons. The lowest BCUT2D eigenvalue weighted by Crippen LogP contribution is -2.21. The van der Waals surface area contributed by atoms with E-state index >= 15 is 0 Å². The lowest BCUT2D eigenvalue weighted by atomic mass is 9.83. The molecule has 3 aromatic heterocycles. The largest absolute Gasteiger partial charge is 0.422 e. The van der Waals surface area contributed by atoms with Gasteiger partial charge in [-0.2, -0.15) is 10.4 Å². The number of aryl methyl sites for hydroxylation is 1. The fraction of sp³-hybridized carbons (Fsp3) is 0.0909. The number of hydrogen-bond donors (Lipinski definition) is 1. The maximum absolute atomic E-state index is 9.87. The highest BCUT2D eigenvalue weighted by molar-refractivity contribution is 5.70. The summed E-state index contributed by atoms with van der Waals surface area (Å²) in [4.78, 5) is 8.30. The number of rotatable bonds is 3. The number of fused-ring (bicyclic) bond motifs is 1. The number of nitrogens with two attached hydrogens (primary N) is 1. The number of nitrogens with zero attached hydrogens (tertiary/aromatic N) is 6. The van der Waals surface area contributed by atoms with Gasteiger partial charge in [-0.1, -0.05) is 12.1 Å².